The van der Waals surface area contributed by atoms with Gasteiger partial charge in [0.2, 0.25) is 0 Å². The number of benzene rings is 1. The van der Waals surface area contributed by atoms with E-state index in [2.05, 4.69) is 0 Å². The minimum absolute atomic E-state index is 0.0330. The summed E-state index contributed by atoms with van der Waals surface area (Å²) in [6, 6.07) is 5.88. The summed E-state index contributed by atoms with van der Waals surface area (Å²) in [6.45, 7) is 0. The topological polar surface area (TPSA) is 26.3 Å². The van der Waals surface area contributed by atoms with Crippen molar-refractivity contribution < 1.29 is 22.7 Å². The second kappa shape index (κ2) is 4.83. The van der Waals surface area contributed by atoms with Crippen molar-refractivity contribution in [3.8, 4) is 5.75 Å². The van der Waals surface area contributed by atoms with Crippen molar-refractivity contribution >= 4 is 11.9 Å². The second-order valence-electron chi connectivity index (χ2n) is 2.99. The lowest BCUT2D eigenvalue weighted by molar-refractivity contribution is -0.104. The first-order valence-corrected chi connectivity index (χ1v) is 4.35. The van der Waals surface area contributed by atoms with Gasteiger partial charge in [-0.2, -0.15) is 13.2 Å². The SMILES string of the molecule is COc1cccc(/C(C=O)=C\C(F)(F)F)c1. The van der Waals surface area contributed by atoms with Gasteiger partial charge in [0, 0.05) is 11.6 Å². The van der Waals surface area contributed by atoms with E-state index in [0.717, 1.165) is 0 Å². The van der Waals surface area contributed by atoms with Crippen LogP contribution < -0.4 is 4.74 Å². The van der Waals surface area contributed by atoms with E-state index >= 15 is 0 Å². The summed E-state index contributed by atoms with van der Waals surface area (Å²) in [5.41, 5.74) is -0.252. The van der Waals surface area contributed by atoms with Gasteiger partial charge in [0.25, 0.3) is 0 Å². The number of hydrogen-bond donors (Lipinski definition) is 0. The van der Waals surface area contributed by atoms with Crippen LogP contribution in [0.2, 0.25) is 0 Å². The molecule has 0 atom stereocenters. The van der Waals surface area contributed by atoms with Crippen LogP contribution in [0, 0.1) is 0 Å². The summed E-state index contributed by atoms with van der Waals surface area (Å²) in [7, 11) is 1.40. The minimum atomic E-state index is -4.51. The van der Waals surface area contributed by atoms with Crippen LogP contribution in [0.25, 0.3) is 5.57 Å². The molecule has 5 heteroatoms. The van der Waals surface area contributed by atoms with Gasteiger partial charge in [-0.15, -0.1) is 0 Å². The number of ether oxygens (including phenoxy) is 1. The van der Waals surface area contributed by atoms with E-state index in [0.29, 0.717) is 5.75 Å². The molecular formula is C11H9F3O2. The molecule has 0 aliphatic carbocycles. The normalized spacial score (nSPS) is 12.4. The summed E-state index contributed by atoms with van der Waals surface area (Å²) in [5.74, 6) is 0.396. The summed E-state index contributed by atoms with van der Waals surface area (Å²) < 4.78 is 41.1. The Kier molecular flexibility index (Phi) is 3.71. The van der Waals surface area contributed by atoms with Gasteiger partial charge >= 0.3 is 6.18 Å². The third-order valence-corrected chi connectivity index (χ3v) is 1.85. The highest BCUT2D eigenvalue weighted by Gasteiger charge is 2.24. The average molecular weight is 230 g/mol. The third kappa shape index (κ3) is 3.42. The molecule has 1 rings (SSSR count). The van der Waals surface area contributed by atoms with Crippen LogP contribution in [0.15, 0.2) is 30.3 Å². The highest BCUT2D eigenvalue weighted by atomic mass is 19.4. The molecule has 0 aliphatic rings. The Balaban J connectivity index is 3.14. The van der Waals surface area contributed by atoms with Gasteiger partial charge in [0.05, 0.1) is 7.11 Å². The van der Waals surface area contributed by atoms with Crippen LogP contribution >= 0.6 is 0 Å². The third-order valence-electron chi connectivity index (χ3n) is 1.85. The standard InChI is InChI=1S/C11H9F3O2/c1-16-10-4-2-3-8(5-10)9(7-15)6-11(12,13)14/h2-7H,1H3/b9-6-. The quantitative estimate of drug-likeness (QED) is 0.589. The monoisotopic (exact) mass is 230 g/mol. The lowest BCUT2D eigenvalue weighted by Gasteiger charge is -2.05. The Morgan fingerprint density at radius 3 is 2.56 bits per heavy atom. The lowest BCUT2D eigenvalue weighted by Crippen LogP contribution is -2.04. The van der Waals surface area contributed by atoms with Gasteiger partial charge < -0.3 is 4.74 Å². The van der Waals surface area contributed by atoms with E-state index in [1.807, 2.05) is 0 Å². The lowest BCUT2D eigenvalue weighted by atomic mass is 10.1. The fourth-order valence-corrected chi connectivity index (χ4v) is 1.16. The Morgan fingerprint density at radius 2 is 2.06 bits per heavy atom. The van der Waals surface area contributed by atoms with Gasteiger partial charge in [0.15, 0.2) is 6.29 Å². The number of alkyl halides is 3. The average Bonchev–Trinajstić information content (AvgIpc) is 2.25. The molecule has 0 aromatic heterocycles. The molecular weight excluding hydrogens is 221 g/mol. The maximum Gasteiger partial charge on any atom is 0.410 e. The van der Waals surface area contributed by atoms with Crippen LogP contribution in [0.1, 0.15) is 5.56 Å². The van der Waals surface area contributed by atoms with Crippen molar-refractivity contribution in [1.29, 1.82) is 0 Å². The molecule has 2 nitrogen and oxygen atoms in total. The number of methoxy groups -OCH3 is 1. The van der Waals surface area contributed by atoms with Crippen molar-refractivity contribution in [3.63, 3.8) is 0 Å². The maximum atomic E-state index is 12.1. The molecule has 0 saturated carbocycles. The van der Waals surface area contributed by atoms with Crippen molar-refractivity contribution in [1.82, 2.24) is 0 Å². The summed E-state index contributed by atoms with van der Waals surface area (Å²) >= 11 is 0. The zero-order valence-electron chi connectivity index (χ0n) is 8.41. The van der Waals surface area contributed by atoms with Gasteiger partial charge in [-0.25, -0.2) is 0 Å². The van der Waals surface area contributed by atoms with Gasteiger partial charge in [0.1, 0.15) is 5.75 Å². The molecule has 0 spiro atoms. The smallest absolute Gasteiger partial charge is 0.410 e. The molecule has 1 aromatic carbocycles. The number of rotatable bonds is 3. The van der Waals surface area contributed by atoms with E-state index in [9.17, 15) is 18.0 Å². The second-order valence-corrected chi connectivity index (χ2v) is 2.99. The maximum absolute atomic E-state index is 12.1. The zero-order valence-corrected chi connectivity index (χ0v) is 8.41. The van der Waals surface area contributed by atoms with E-state index in [-0.39, 0.29) is 17.9 Å². The highest BCUT2D eigenvalue weighted by molar-refractivity contribution is 6.07. The van der Waals surface area contributed by atoms with Gasteiger partial charge in [-0.3, -0.25) is 4.79 Å². The largest absolute Gasteiger partial charge is 0.497 e. The highest BCUT2D eigenvalue weighted by Crippen LogP contribution is 2.24. The predicted octanol–water partition coefficient (Wildman–Crippen LogP) is 2.84. The number of aldehydes is 1. The fourth-order valence-electron chi connectivity index (χ4n) is 1.16. The zero-order chi connectivity index (χ0) is 12.2. The van der Waals surface area contributed by atoms with Crippen molar-refractivity contribution in [2.75, 3.05) is 7.11 Å². The molecule has 0 N–H and O–H groups in total. The van der Waals surface area contributed by atoms with Crippen molar-refractivity contribution in [2.24, 2.45) is 0 Å². The van der Waals surface area contributed by atoms with Gasteiger partial charge in [-0.1, -0.05) is 12.1 Å². The molecule has 0 heterocycles. The molecule has 0 saturated heterocycles. The molecule has 86 valence electrons. The van der Waals surface area contributed by atoms with Crippen LogP contribution in [0.4, 0.5) is 13.2 Å². The van der Waals surface area contributed by atoms with Crippen LogP contribution in [0.5, 0.6) is 5.75 Å². The Labute approximate surface area is 90.3 Å². The fraction of sp³-hybridized carbons (Fsp3) is 0.182. The van der Waals surface area contributed by atoms with Crippen molar-refractivity contribution in [3.05, 3.63) is 35.9 Å². The van der Waals surface area contributed by atoms with Gasteiger partial charge in [-0.05, 0) is 17.7 Å². The van der Waals surface area contributed by atoms with E-state index < -0.39 is 11.7 Å². The van der Waals surface area contributed by atoms with Crippen LogP contribution in [-0.4, -0.2) is 19.6 Å². The number of halogens is 3. The number of carbonyl (C=O) groups excluding carboxylic acids is 1. The first-order chi connectivity index (χ1) is 7.46. The Bertz CT molecular complexity index is 408. The molecule has 0 radical (unpaired) electrons. The molecule has 16 heavy (non-hydrogen) atoms. The van der Waals surface area contributed by atoms with E-state index in [1.165, 1.54) is 25.3 Å². The van der Waals surface area contributed by atoms with Crippen LogP contribution in [-0.2, 0) is 4.79 Å². The molecule has 0 fully saturated rings. The summed E-state index contributed by atoms with van der Waals surface area (Å²) in [5, 5.41) is 0. The molecule has 0 aliphatic heterocycles. The van der Waals surface area contributed by atoms with E-state index in [4.69, 9.17) is 4.74 Å². The number of carbonyl (C=O) groups is 1. The van der Waals surface area contributed by atoms with Crippen LogP contribution in [0.3, 0.4) is 0 Å². The molecule has 0 bridgehead atoms. The molecule has 1 aromatic rings. The number of allylic oxidation sites excluding steroid dienone is 2. The summed E-state index contributed by atoms with van der Waals surface area (Å²) in [6.07, 6.45) is -4.38. The number of hydrogen-bond acceptors (Lipinski definition) is 2. The minimum Gasteiger partial charge on any atom is -0.497 e. The summed E-state index contributed by atoms with van der Waals surface area (Å²) in [4.78, 5) is 10.6. The Hall–Kier alpha value is -1.78. The van der Waals surface area contributed by atoms with Crippen molar-refractivity contribution in [2.45, 2.75) is 6.18 Å². The van der Waals surface area contributed by atoms with E-state index in [1.54, 1.807) is 6.07 Å². The molecule has 0 unspecified atom stereocenters. The Morgan fingerprint density at radius 1 is 1.38 bits per heavy atom. The molecule has 0 amide bonds. The first kappa shape index (κ1) is 12.3. The predicted molar refractivity (Wildman–Crippen MR) is 53.1 cm³/mol. The first-order valence-electron chi connectivity index (χ1n) is 4.35.